The Morgan fingerprint density at radius 1 is 0.538 bits per heavy atom. The van der Waals surface area contributed by atoms with Crippen molar-refractivity contribution in [2.75, 3.05) is 9.80 Å². The number of fused-ring (bicyclic) bond motifs is 8. The molecule has 0 saturated heterocycles. The third-order valence-corrected chi connectivity index (χ3v) is 19.7. The molecule has 0 saturated carbocycles. The largest absolute Gasteiger partial charge is 0.472 e. The second-order valence-electron chi connectivity index (χ2n) is 27.6. The minimum absolute atomic E-state index is 0.0404. The lowest BCUT2D eigenvalue weighted by atomic mass is 9.35. The lowest BCUT2D eigenvalue weighted by Crippen LogP contribution is -2.62. The Morgan fingerprint density at radius 3 is 1.65 bits per heavy atom. The number of hydrogen-bond acceptors (Lipinski definition) is 3. The van der Waals surface area contributed by atoms with Crippen molar-refractivity contribution in [2.45, 2.75) is 207 Å². The molecule has 0 radical (unpaired) electrons. The standard InChI is InChI=1S/C60H79BN2OSi/c1-36-30-46-50-47(31-36)63(44-23-20-37(54(2,3)4)32-48(44)65(17,18)19)51-49-52(60(15,16)29-28-59(49,13)14)64-53(51)61(50)43-34-41-42(58(11,12)27-26-57(41,9)10)35-45(43)62(46)38-21-22-39-40(33-38)56(7,8)25-24-55(39,5)6/h20-23,30-35H,24-29H2,1-19H3. The van der Waals surface area contributed by atoms with Crippen LogP contribution in [0.5, 0.6) is 0 Å². The zero-order valence-electron chi connectivity index (χ0n) is 43.9. The molecule has 2 aliphatic heterocycles. The topological polar surface area (TPSA) is 19.6 Å². The Hall–Kier alpha value is -3.96. The molecule has 0 atom stereocenters. The molecule has 3 nitrogen and oxygen atoms in total. The van der Waals surface area contributed by atoms with Gasteiger partial charge >= 0.3 is 0 Å². The number of aryl methyl sites for hydroxylation is 1. The number of hydrogen-bond donors (Lipinski definition) is 0. The highest BCUT2D eigenvalue weighted by Gasteiger charge is 2.54. The number of furan rings is 1. The van der Waals surface area contributed by atoms with Crippen molar-refractivity contribution < 1.29 is 4.42 Å². The molecular formula is C60H79BN2OSi. The molecule has 5 heteroatoms. The third kappa shape index (κ3) is 6.60. The average Bonchev–Trinajstić information content (AvgIpc) is 3.62. The van der Waals surface area contributed by atoms with Crippen molar-refractivity contribution in [2.24, 2.45) is 0 Å². The van der Waals surface area contributed by atoms with E-state index in [-0.39, 0.29) is 44.6 Å². The second-order valence-corrected chi connectivity index (χ2v) is 32.6. The number of benzene rings is 4. The maximum absolute atomic E-state index is 7.82. The van der Waals surface area contributed by atoms with E-state index in [0.717, 1.165) is 18.5 Å². The van der Waals surface area contributed by atoms with Crippen LogP contribution in [-0.2, 0) is 37.9 Å². The highest BCUT2D eigenvalue weighted by Crippen LogP contribution is 2.56. The van der Waals surface area contributed by atoms with E-state index in [2.05, 4.69) is 201 Å². The fraction of sp³-hybridized carbons (Fsp3) is 0.533. The Labute approximate surface area is 395 Å². The molecule has 0 unspecified atom stereocenters. The molecule has 0 spiro atoms. The van der Waals surface area contributed by atoms with Crippen LogP contribution in [0.15, 0.2) is 65.1 Å². The molecule has 0 bridgehead atoms. The van der Waals surface area contributed by atoms with Crippen LogP contribution in [0.2, 0.25) is 19.6 Å². The Balaban J connectivity index is 1.37. The summed E-state index contributed by atoms with van der Waals surface area (Å²) >= 11 is 0. The fourth-order valence-electron chi connectivity index (χ4n) is 13.0. The molecule has 342 valence electrons. The van der Waals surface area contributed by atoms with Crippen LogP contribution in [0.4, 0.5) is 34.1 Å². The van der Waals surface area contributed by atoms with Gasteiger partial charge in [-0.3, -0.25) is 0 Å². The third-order valence-electron chi connectivity index (χ3n) is 17.7. The van der Waals surface area contributed by atoms with E-state index in [1.54, 1.807) is 0 Å². The maximum Gasteiger partial charge on any atom is 0.297 e. The summed E-state index contributed by atoms with van der Waals surface area (Å²) in [5, 5.41) is 1.51. The highest BCUT2D eigenvalue weighted by molar-refractivity contribution is 6.99. The van der Waals surface area contributed by atoms with Gasteiger partial charge < -0.3 is 14.2 Å². The maximum atomic E-state index is 7.82. The Morgan fingerprint density at radius 2 is 1.06 bits per heavy atom. The SMILES string of the molecule is Cc1cc2c3c(c1)N(c1ccc(C(C)(C)C)cc1[Si](C)(C)C)c1c(oc4c1C(C)(C)CCC4(C)C)B3c1cc3c(cc1N2c1ccc2c(c1)C(C)(C)CCC2(C)C)C(C)(C)CCC3(C)C. The summed E-state index contributed by atoms with van der Waals surface area (Å²) in [7, 11) is -1.92. The molecule has 65 heavy (non-hydrogen) atoms. The predicted octanol–water partition coefficient (Wildman–Crippen LogP) is 14.6. The summed E-state index contributed by atoms with van der Waals surface area (Å²) in [6, 6.07) is 25.5. The summed E-state index contributed by atoms with van der Waals surface area (Å²) in [4.78, 5) is 5.45. The van der Waals surface area contributed by atoms with Crippen molar-refractivity contribution >= 4 is 70.7 Å². The summed E-state index contributed by atoms with van der Waals surface area (Å²) < 4.78 is 7.82. The minimum Gasteiger partial charge on any atom is -0.472 e. The summed E-state index contributed by atoms with van der Waals surface area (Å²) in [6.45, 7) is 46.7. The van der Waals surface area contributed by atoms with Gasteiger partial charge in [0.2, 0.25) is 0 Å². The first-order valence-electron chi connectivity index (χ1n) is 25.3. The van der Waals surface area contributed by atoms with E-state index < -0.39 is 8.07 Å². The van der Waals surface area contributed by atoms with Crippen molar-refractivity contribution in [1.29, 1.82) is 0 Å². The van der Waals surface area contributed by atoms with Gasteiger partial charge in [0, 0.05) is 39.4 Å². The van der Waals surface area contributed by atoms with Crippen LogP contribution < -0.4 is 31.6 Å². The van der Waals surface area contributed by atoms with Crippen LogP contribution in [0, 0.1) is 6.92 Å². The van der Waals surface area contributed by atoms with Gasteiger partial charge in [0.1, 0.15) is 5.76 Å². The molecule has 0 fully saturated rings. The van der Waals surface area contributed by atoms with Crippen LogP contribution in [0.25, 0.3) is 0 Å². The van der Waals surface area contributed by atoms with Crippen LogP contribution in [0.3, 0.4) is 0 Å². The minimum atomic E-state index is -1.92. The molecule has 3 heterocycles. The Kier molecular flexibility index (Phi) is 9.39. The van der Waals surface area contributed by atoms with Gasteiger partial charge in [-0.1, -0.05) is 148 Å². The van der Waals surface area contributed by atoms with Crippen LogP contribution >= 0.6 is 0 Å². The van der Waals surface area contributed by atoms with E-state index in [9.17, 15) is 0 Å². The lowest BCUT2D eigenvalue weighted by molar-refractivity contribution is 0.282. The zero-order chi connectivity index (χ0) is 47.1. The molecule has 4 aromatic carbocycles. The summed E-state index contributed by atoms with van der Waals surface area (Å²) in [6.07, 6.45) is 6.98. The molecule has 5 aliphatic rings. The number of anilines is 6. The van der Waals surface area contributed by atoms with Gasteiger partial charge in [-0.25, -0.2) is 0 Å². The summed E-state index contributed by atoms with van der Waals surface area (Å²) in [5.41, 5.74) is 22.1. The quantitative estimate of drug-likeness (QED) is 0.165. The average molecular weight is 883 g/mol. The first-order valence-corrected chi connectivity index (χ1v) is 28.8. The van der Waals surface area contributed by atoms with Crippen molar-refractivity contribution in [3.05, 3.63) is 105 Å². The monoisotopic (exact) mass is 883 g/mol. The van der Waals surface area contributed by atoms with E-state index >= 15 is 0 Å². The lowest BCUT2D eigenvalue weighted by Gasteiger charge is -2.48. The molecule has 3 aliphatic carbocycles. The molecular weight excluding hydrogens is 804 g/mol. The van der Waals surface area contributed by atoms with Gasteiger partial charge in [-0.15, -0.1) is 0 Å². The molecule has 1 aromatic heterocycles. The summed E-state index contributed by atoms with van der Waals surface area (Å²) in [5.74, 6) is 1.19. The first kappa shape index (κ1) is 44.9. The van der Waals surface area contributed by atoms with Crippen molar-refractivity contribution in [3.8, 4) is 0 Å². The van der Waals surface area contributed by atoms with Gasteiger partial charge in [0.15, 0.2) is 0 Å². The van der Waals surface area contributed by atoms with Crippen molar-refractivity contribution in [1.82, 2.24) is 0 Å². The van der Waals surface area contributed by atoms with Gasteiger partial charge in [-0.2, -0.15) is 0 Å². The Bertz CT molecular complexity index is 2830. The molecule has 0 amide bonds. The van der Waals surface area contributed by atoms with E-state index in [1.165, 1.54) is 121 Å². The van der Waals surface area contributed by atoms with Gasteiger partial charge in [-0.05, 0) is 164 Å². The van der Waals surface area contributed by atoms with Crippen LogP contribution in [0.1, 0.15) is 187 Å². The van der Waals surface area contributed by atoms with Crippen molar-refractivity contribution in [3.63, 3.8) is 0 Å². The first-order chi connectivity index (χ1) is 29.9. The normalized spacial score (nSPS) is 21.4. The highest BCUT2D eigenvalue weighted by atomic mass is 28.3. The van der Waals surface area contributed by atoms with E-state index in [4.69, 9.17) is 4.42 Å². The predicted molar refractivity (Wildman–Crippen MR) is 285 cm³/mol. The number of nitrogens with zero attached hydrogens (tertiary/aromatic N) is 2. The second kappa shape index (κ2) is 13.6. The molecule has 10 rings (SSSR count). The van der Waals surface area contributed by atoms with Crippen LogP contribution in [-0.4, -0.2) is 14.8 Å². The molecule has 5 aromatic rings. The van der Waals surface area contributed by atoms with E-state index in [0.29, 0.717) is 0 Å². The number of rotatable bonds is 3. The van der Waals surface area contributed by atoms with Gasteiger partial charge in [0.05, 0.1) is 19.4 Å². The fourth-order valence-corrected chi connectivity index (χ4v) is 14.6. The van der Waals surface area contributed by atoms with Gasteiger partial charge in [0.25, 0.3) is 6.71 Å². The van der Waals surface area contributed by atoms with E-state index in [1.807, 2.05) is 0 Å². The zero-order valence-corrected chi connectivity index (χ0v) is 44.9. The smallest absolute Gasteiger partial charge is 0.297 e. The molecule has 0 N–H and O–H groups in total.